The number of rotatable bonds is 16. The molecule has 1 saturated carbocycles. The van der Waals surface area contributed by atoms with Crippen molar-refractivity contribution < 1.29 is 26.7 Å². The van der Waals surface area contributed by atoms with Crippen LogP contribution >= 0.6 is 22.9 Å². The average Bonchev–Trinajstić information content (AvgIpc) is 3.47. The lowest BCUT2D eigenvalue weighted by molar-refractivity contribution is 0.0692. The standard InChI is InChI=1S/C33H36ClN3O6S3/c34-27-14-16-28(17-15-27)45(40,41)35-19-3-4-20-37(46(42,43)31-12-2-1-11-29(31)33(38)39)22-25-8-5-7-24(21-25)13-18-32-36-30(23-44-32)26-9-6-10-26/h1-2,5,7-8,11-12,14-17,21,23,26,35H,3-4,6,9-10,13,18-20,22H2,(H,38,39). The van der Waals surface area contributed by atoms with E-state index in [0.717, 1.165) is 29.0 Å². The molecule has 1 aliphatic rings. The topological polar surface area (TPSA) is 134 Å². The number of hydrogen-bond donors (Lipinski definition) is 2. The van der Waals surface area contributed by atoms with E-state index < -0.39 is 26.0 Å². The molecule has 0 unspecified atom stereocenters. The number of unbranched alkanes of at least 4 members (excludes halogenated alkanes) is 1. The lowest BCUT2D eigenvalue weighted by atomic mass is 9.83. The highest BCUT2D eigenvalue weighted by atomic mass is 35.5. The molecule has 1 aliphatic carbocycles. The maximum atomic E-state index is 13.9. The lowest BCUT2D eigenvalue weighted by Gasteiger charge is -2.23. The number of carboxylic acids is 1. The van der Waals surface area contributed by atoms with E-state index in [0.29, 0.717) is 23.8 Å². The number of nitrogens with zero attached hydrogens (tertiary/aromatic N) is 2. The maximum absolute atomic E-state index is 13.9. The number of carbonyl (C=O) groups is 1. The molecule has 0 amide bonds. The van der Waals surface area contributed by atoms with E-state index in [1.165, 1.54) is 77.8 Å². The van der Waals surface area contributed by atoms with E-state index in [1.807, 2.05) is 24.3 Å². The second-order valence-corrected chi connectivity index (χ2v) is 16.4. The minimum absolute atomic E-state index is 0.0315. The normalized spacial score (nSPS) is 14.0. The predicted octanol–water partition coefficient (Wildman–Crippen LogP) is 6.50. The third-order valence-electron chi connectivity index (χ3n) is 8.06. The molecule has 4 aromatic rings. The van der Waals surface area contributed by atoms with Crippen molar-refractivity contribution in [2.24, 2.45) is 0 Å². The molecule has 13 heteroatoms. The number of aromatic nitrogens is 1. The van der Waals surface area contributed by atoms with Gasteiger partial charge in [-0.15, -0.1) is 11.3 Å². The summed E-state index contributed by atoms with van der Waals surface area (Å²) in [4.78, 5) is 16.5. The summed E-state index contributed by atoms with van der Waals surface area (Å²) < 4.78 is 56.9. The van der Waals surface area contributed by atoms with Gasteiger partial charge in [0.2, 0.25) is 20.0 Å². The number of aromatic carboxylic acids is 1. The van der Waals surface area contributed by atoms with E-state index in [4.69, 9.17) is 16.6 Å². The molecule has 1 fully saturated rings. The summed E-state index contributed by atoms with van der Waals surface area (Å²) in [6.07, 6.45) is 5.93. The van der Waals surface area contributed by atoms with E-state index in [-0.39, 0.29) is 35.0 Å². The molecule has 0 radical (unpaired) electrons. The number of hydrogen-bond acceptors (Lipinski definition) is 7. The second kappa shape index (κ2) is 15.2. The first-order valence-corrected chi connectivity index (χ1v) is 19.3. The van der Waals surface area contributed by atoms with Crippen LogP contribution in [-0.4, -0.2) is 50.3 Å². The fraction of sp³-hybridized carbons (Fsp3) is 0.333. The van der Waals surface area contributed by atoms with E-state index >= 15 is 0 Å². The number of carboxylic acid groups (broad SMARTS) is 1. The van der Waals surface area contributed by atoms with Gasteiger partial charge in [-0.3, -0.25) is 0 Å². The molecule has 0 spiro atoms. The molecule has 0 bridgehead atoms. The zero-order valence-corrected chi connectivity index (χ0v) is 28.3. The van der Waals surface area contributed by atoms with Crippen molar-refractivity contribution in [3.8, 4) is 0 Å². The van der Waals surface area contributed by atoms with Crippen LogP contribution in [0.1, 0.15) is 70.2 Å². The molecule has 3 aromatic carbocycles. The quantitative estimate of drug-likeness (QED) is 0.128. The van der Waals surface area contributed by atoms with Crippen LogP contribution in [0.2, 0.25) is 5.02 Å². The van der Waals surface area contributed by atoms with Gasteiger partial charge in [0.25, 0.3) is 0 Å². The summed E-state index contributed by atoms with van der Waals surface area (Å²) in [5.74, 6) is -0.739. The zero-order chi connectivity index (χ0) is 32.7. The van der Waals surface area contributed by atoms with Gasteiger partial charge >= 0.3 is 5.97 Å². The summed E-state index contributed by atoms with van der Waals surface area (Å²) in [6, 6.07) is 19.1. The Morgan fingerprint density at radius 3 is 2.41 bits per heavy atom. The van der Waals surface area contributed by atoms with Crippen molar-refractivity contribution in [3.05, 3.63) is 111 Å². The van der Waals surface area contributed by atoms with Crippen LogP contribution in [0.5, 0.6) is 0 Å². The van der Waals surface area contributed by atoms with Gasteiger partial charge in [-0.2, -0.15) is 4.31 Å². The molecule has 0 atom stereocenters. The molecular weight excluding hydrogens is 666 g/mol. The molecule has 244 valence electrons. The lowest BCUT2D eigenvalue weighted by Crippen LogP contribution is -2.33. The van der Waals surface area contributed by atoms with Crippen molar-refractivity contribution >= 4 is 49.0 Å². The third-order valence-corrected chi connectivity index (χ3v) is 12.6. The highest BCUT2D eigenvalue weighted by Crippen LogP contribution is 2.36. The first-order chi connectivity index (χ1) is 22.0. The SMILES string of the molecule is O=C(O)c1ccccc1S(=O)(=O)N(CCCCNS(=O)(=O)c1ccc(Cl)cc1)Cc1cccc(CCc2nc(C3CCC3)cs2)c1. The van der Waals surface area contributed by atoms with Gasteiger partial charge in [-0.25, -0.2) is 31.3 Å². The predicted molar refractivity (Wildman–Crippen MR) is 179 cm³/mol. The Kier molecular flexibility index (Phi) is 11.3. The Labute approximate surface area is 279 Å². The first kappa shape index (κ1) is 34.2. The van der Waals surface area contributed by atoms with Crippen molar-refractivity contribution in [3.63, 3.8) is 0 Å². The van der Waals surface area contributed by atoms with Crippen molar-refractivity contribution in [1.82, 2.24) is 14.0 Å². The largest absolute Gasteiger partial charge is 0.478 e. The molecule has 5 rings (SSSR count). The van der Waals surface area contributed by atoms with Crippen LogP contribution < -0.4 is 4.72 Å². The molecule has 1 heterocycles. The minimum Gasteiger partial charge on any atom is -0.478 e. The van der Waals surface area contributed by atoms with Gasteiger partial charge in [0.05, 0.1) is 26.1 Å². The second-order valence-electron chi connectivity index (χ2n) is 11.3. The van der Waals surface area contributed by atoms with Gasteiger partial charge in [-0.1, -0.05) is 54.4 Å². The van der Waals surface area contributed by atoms with Crippen LogP contribution in [0, 0.1) is 0 Å². The van der Waals surface area contributed by atoms with E-state index in [1.54, 1.807) is 11.3 Å². The molecule has 0 aliphatic heterocycles. The summed E-state index contributed by atoms with van der Waals surface area (Å²) in [6.45, 7) is 0.190. The maximum Gasteiger partial charge on any atom is 0.337 e. The average molecular weight is 702 g/mol. The molecular formula is C33H36ClN3O6S3. The van der Waals surface area contributed by atoms with Gasteiger partial charge in [0.1, 0.15) is 0 Å². The highest BCUT2D eigenvalue weighted by Gasteiger charge is 2.29. The van der Waals surface area contributed by atoms with Crippen molar-refractivity contribution in [2.75, 3.05) is 13.1 Å². The number of thiazole rings is 1. The van der Waals surface area contributed by atoms with Gasteiger partial charge in [0, 0.05) is 42.4 Å². The van der Waals surface area contributed by atoms with Gasteiger partial charge < -0.3 is 5.11 Å². The molecule has 46 heavy (non-hydrogen) atoms. The van der Waals surface area contributed by atoms with E-state index in [9.17, 15) is 26.7 Å². The third kappa shape index (κ3) is 8.61. The Bertz CT molecular complexity index is 1870. The monoisotopic (exact) mass is 701 g/mol. The number of sulfonamides is 2. The summed E-state index contributed by atoms with van der Waals surface area (Å²) in [7, 11) is -7.97. The van der Waals surface area contributed by atoms with Gasteiger partial charge in [0.15, 0.2) is 0 Å². The summed E-state index contributed by atoms with van der Waals surface area (Å²) in [5, 5.41) is 13.4. The number of benzene rings is 3. The smallest absolute Gasteiger partial charge is 0.337 e. The van der Waals surface area contributed by atoms with Gasteiger partial charge in [-0.05, 0) is 79.6 Å². The highest BCUT2D eigenvalue weighted by molar-refractivity contribution is 7.89. The fourth-order valence-electron chi connectivity index (χ4n) is 5.28. The van der Waals surface area contributed by atoms with Crippen molar-refractivity contribution in [2.45, 2.75) is 67.2 Å². The number of aryl methyl sites for hydroxylation is 2. The van der Waals surface area contributed by atoms with Crippen LogP contribution in [0.15, 0.2) is 88.0 Å². The van der Waals surface area contributed by atoms with Crippen LogP contribution in [0.4, 0.5) is 0 Å². The summed E-state index contributed by atoms with van der Waals surface area (Å²) in [5.41, 5.74) is 2.71. The zero-order valence-electron chi connectivity index (χ0n) is 25.1. The fourth-order valence-corrected chi connectivity index (χ4v) is 9.01. The Balaban J connectivity index is 1.27. The van der Waals surface area contributed by atoms with Crippen LogP contribution in [-0.2, 0) is 39.4 Å². The van der Waals surface area contributed by atoms with Crippen molar-refractivity contribution in [1.29, 1.82) is 0 Å². The Morgan fingerprint density at radius 1 is 0.957 bits per heavy atom. The molecule has 2 N–H and O–H groups in total. The minimum atomic E-state index is -4.22. The summed E-state index contributed by atoms with van der Waals surface area (Å²) >= 11 is 7.55. The number of nitrogens with one attached hydrogen (secondary N) is 1. The molecule has 1 aromatic heterocycles. The Morgan fingerprint density at radius 2 is 1.70 bits per heavy atom. The van der Waals surface area contributed by atoms with Crippen LogP contribution in [0.25, 0.3) is 0 Å². The van der Waals surface area contributed by atoms with E-state index in [2.05, 4.69) is 10.1 Å². The molecule has 9 nitrogen and oxygen atoms in total. The first-order valence-electron chi connectivity index (χ1n) is 15.1. The number of halogens is 1. The molecule has 0 saturated heterocycles. The van der Waals surface area contributed by atoms with Crippen LogP contribution in [0.3, 0.4) is 0 Å². The Hall–Kier alpha value is -3.13.